The summed E-state index contributed by atoms with van der Waals surface area (Å²) >= 11 is 0. The van der Waals surface area contributed by atoms with Crippen molar-refractivity contribution in [2.45, 2.75) is 25.2 Å². The molecule has 0 amide bonds. The van der Waals surface area contributed by atoms with Gasteiger partial charge in [-0.05, 0) is 47.6 Å². The van der Waals surface area contributed by atoms with Gasteiger partial charge in [-0.15, -0.1) is 0 Å². The van der Waals surface area contributed by atoms with E-state index in [1.54, 1.807) is 0 Å². The number of aromatic amines is 1. The molecule has 0 atom stereocenters. The number of H-pyrrole nitrogens is 1. The predicted molar refractivity (Wildman–Crippen MR) is 120 cm³/mol. The molecule has 3 aromatic heterocycles. The minimum absolute atomic E-state index is 0.642. The Morgan fingerprint density at radius 3 is 2.52 bits per heavy atom. The molecule has 0 radical (unpaired) electrons. The summed E-state index contributed by atoms with van der Waals surface area (Å²) in [5, 5.41) is 17.5. The van der Waals surface area contributed by atoms with E-state index in [4.69, 9.17) is 10.1 Å². The maximum Gasteiger partial charge on any atom is 0.181 e. The van der Waals surface area contributed by atoms with Crippen molar-refractivity contribution in [1.29, 1.82) is 0 Å². The molecular formula is C24H23N7. The van der Waals surface area contributed by atoms with E-state index in [1.807, 2.05) is 41.9 Å². The third-order valence-corrected chi connectivity index (χ3v) is 6.20. The van der Waals surface area contributed by atoms with Crippen LogP contribution >= 0.6 is 0 Å². The summed E-state index contributed by atoms with van der Waals surface area (Å²) in [5.74, 6) is 2.37. The molecule has 1 fully saturated rings. The highest BCUT2D eigenvalue weighted by Gasteiger charge is 2.29. The van der Waals surface area contributed by atoms with Crippen LogP contribution in [0.3, 0.4) is 0 Å². The molecule has 1 saturated carbocycles. The van der Waals surface area contributed by atoms with E-state index in [0.717, 1.165) is 40.4 Å². The average molecular weight is 409 g/mol. The summed E-state index contributed by atoms with van der Waals surface area (Å²) in [6.45, 7) is 0. The van der Waals surface area contributed by atoms with E-state index in [0.29, 0.717) is 5.92 Å². The first-order valence-corrected chi connectivity index (χ1v) is 10.6. The lowest BCUT2D eigenvalue weighted by Crippen LogP contribution is -2.03. The van der Waals surface area contributed by atoms with Crippen LogP contribution < -0.4 is 0 Å². The maximum absolute atomic E-state index is 4.88. The normalized spacial score (nSPS) is 13.9. The lowest BCUT2D eigenvalue weighted by atomic mass is 9.96. The third kappa shape index (κ3) is 3.13. The second-order valence-electron chi connectivity index (χ2n) is 8.31. The van der Waals surface area contributed by atoms with Gasteiger partial charge in [-0.3, -0.25) is 14.5 Å². The molecule has 7 heteroatoms. The van der Waals surface area contributed by atoms with Gasteiger partial charge in [0.25, 0.3) is 0 Å². The Bertz CT molecular complexity index is 1380. The second kappa shape index (κ2) is 6.91. The number of nitrogens with one attached hydrogen (secondary N) is 1. The topological polar surface area (TPSA) is 77.2 Å². The first-order valence-electron chi connectivity index (χ1n) is 10.6. The largest absolute Gasteiger partial charge is 0.278 e. The Morgan fingerprint density at radius 1 is 0.968 bits per heavy atom. The van der Waals surface area contributed by atoms with Crippen LogP contribution in [0.5, 0.6) is 0 Å². The SMILES string of the molecule is Cn1nccc1-c1ccc(-c2nc(Cc3ccc4[nH]ncc4c3C3CC3)n(C)n2)cc1. The van der Waals surface area contributed by atoms with E-state index in [-0.39, 0.29) is 0 Å². The van der Waals surface area contributed by atoms with Gasteiger partial charge in [0.1, 0.15) is 5.82 Å². The van der Waals surface area contributed by atoms with Gasteiger partial charge >= 0.3 is 0 Å². The van der Waals surface area contributed by atoms with Crippen molar-refractivity contribution >= 4 is 10.9 Å². The Labute approximate surface area is 179 Å². The monoisotopic (exact) mass is 409 g/mol. The van der Waals surface area contributed by atoms with Crippen molar-refractivity contribution in [3.63, 3.8) is 0 Å². The molecular weight excluding hydrogens is 386 g/mol. The molecule has 5 aromatic rings. The number of rotatable bonds is 5. The predicted octanol–water partition coefficient (Wildman–Crippen LogP) is 4.23. The van der Waals surface area contributed by atoms with Gasteiger partial charge in [0.05, 0.1) is 17.4 Å². The van der Waals surface area contributed by atoms with Crippen LogP contribution in [0, 0.1) is 0 Å². The van der Waals surface area contributed by atoms with E-state index < -0.39 is 0 Å². The summed E-state index contributed by atoms with van der Waals surface area (Å²) in [6.07, 6.45) is 7.04. The first-order chi connectivity index (χ1) is 15.2. The van der Waals surface area contributed by atoms with Gasteiger partial charge in [0.2, 0.25) is 0 Å². The molecule has 0 spiro atoms. The van der Waals surface area contributed by atoms with Gasteiger partial charge in [-0.2, -0.15) is 15.3 Å². The molecule has 0 unspecified atom stereocenters. The number of aryl methyl sites for hydroxylation is 2. The summed E-state index contributed by atoms with van der Waals surface area (Å²) in [7, 11) is 3.93. The summed E-state index contributed by atoms with van der Waals surface area (Å²) in [6, 6.07) is 14.7. The zero-order chi connectivity index (χ0) is 20.9. The van der Waals surface area contributed by atoms with Crippen LogP contribution in [0.4, 0.5) is 0 Å². The molecule has 0 saturated heterocycles. The number of aromatic nitrogens is 7. The smallest absolute Gasteiger partial charge is 0.181 e. The second-order valence-corrected chi connectivity index (χ2v) is 8.31. The van der Waals surface area contributed by atoms with Crippen molar-refractivity contribution in [1.82, 2.24) is 34.7 Å². The van der Waals surface area contributed by atoms with Crippen LogP contribution in [0.15, 0.2) is 54.9 Å². The number of hydrogen-bond donors (Lipinski definition) is 1. The van der Waals surface area contributed by atoms with Gasteiger partial charge in [-0.1, -0.05) is 30.3 Å². The van der Waals surface area contributed by atoms with Crippen molar-refractivity contribution in [2.75, 3.05) is 0 Å². The highest BCUT2D eigenvalue weighted by molar-refractivity contribution is 5.84. The van der Waals surface area contributed by atoms with E-state index >= 15 is 0 Å². The van der Waals surface area contributed by atoms with Crippen LogP contribution in [0.25, 0.3) is 33.5 Å². The van der Waals surface area contributed by atoms with E-state index in [1.165, 1.54) is 29.4 Å². The lowest BCUT2D eigenvalue weighted by Gasteiger charge is -2.09. The quantitative estimate of drug-likeness (QED) is 0.471. The fraction of sp³-hybridized carbons (Fsp3) is 0.250. The van der Waals surface area contributed by atoms with Crippen LogP contribution in [-0.4, -0.2) is 34.7 Å². The third-order valence-electron chi connectivity index (χ3n) is 6.20. The van der Waals surface area contributed by atoms with Crippen molar-refractivity contribution in [3.05, 3.63) is 71.8 Å². The maximum atomic E-state index is 4.88. The number of benzene rings is 2. The van der Waals surface area contributed by atoms with Gasteiger partial charge in [0, 0.05) is 37.7 Å². The van der Waals surface area contributed by atoms with Crippen LogP contribution in [0.2, 0.25) is 0 Å². The highest BCUT2D eigenvalue weighted by atomic mass is 15.3. The van der Waals surface area contributed by atoms with Gasteiger partial charge in [-0.25, -0.2) is 4.98 Å². The zero-order valence-electron chi connectivity index (χ0n) is 17.6. The van der Waals surface area contributed by atoms with Crippen molar-refractivity contribution < 1.29 is 0 Å². The van der Waals surface area contributed by atoms with Crippen molar-refractivity contribution in [3.8, 4) is 22.6 Å². The van der Waals surface area contributed by atoms with Gasteiger partial charge < -0.3 is 0 Å². The molecule has 7 nitrogen and oxygen atoms in total. The minimum atomic E-state index is 0.642. The molecule has 154 valence electrons. The Morgan fingerprint density at radius 2 is 1.77 bits per heavy atom. The van der Waals surface area contributed by atoms with E-state index in [2.05, 4.69) is 51.7 Å². The molecule has 31 heavy (non-hydrogen) atoms. The summed E-state index contributed by atoms with van der Waals surface area (Å²) in [5.41, 5.74) is 7.09. The molecule has 1 aliphatic rings. The Balaban J connectivity index is 1.32. The summed E-state index contributed by atoms with van der Waals surface area (Å²) in [4.78, 5) is 4.88. The highest BCUT2D eigenvalue weighted by Crippen LogP contribution is 2.45. The molecule has 1 N–H and O–H groups in total. The lowest BCUT2D eigenvalue weighted by molar-refractivity contribution is 0.716. The average Bonchev–Trinajstić information content (AvgIpc) is 3.15. The van der Waals surface area contributed by atoms with Crippen LogP contribution in [0.1, 0.15) is 35.7 Å². The molecule has 0 aliphatic heterocycles. The van der Waals surface area contributed by atoms with Crippen LogP contribution in [-0.2, 0) is 20.5 Å². The molecule has 0 bridgehead atoms. The number of fused-ring (bicyclic) bond motifs is 1. The number of hydrogen-bond acceptors (Lipinski definition) is 4. The minimum Gasteiger partial charge on any atom is -0.278 e. The fourth-order valence-electron chi connectivity index (χ4n) is 4.40. The Hall–Kier alpha value is -3.74. The van der Waals surface area contributed by atoms with E-state index in [9.17, 15) is 0 Å². The zero-order valence-corrected chi connectivity index (χ0v) is 17.6. The Kier molecular flexibility index (Phi) is 4.02. The molecule has 1 aliphatic carbocycles. The fourth-order valence-corrected chi connectivity index (χ4v) is 4.40. The summed E-state index contributed by atoms with van der Waals surface area (Å²) < 4.78 is 3.78. The van der Waals surface area contributed by atoms with Crippen molar-refractivity contribution in [2.24, 2.45) is 14.1 Å². The molecule has 2 aromatic carbocycles. The number of nitrogens with zero attached hydrogens (tertiary/aromatic N) is 6. The van der Waals surface area contributed by atoms with Gasteiger partial charge in [0.15, 0.2) is 5.82 Å². The molecule has 3 heterocycles. The standard InChI is InChI=1S/C24H23N7/c1-30-21(11-12-26-30)15-3-7-17(8-4-15)24-27-22(31(2)29-24)13-18-9-10-20-19(14-25-28-20)23(18)16-5-6-16/h3-4,7-12,14,16H,5-6,13H2,1-2H3,(H,25,28). The molecule has 6 rings (SSSR count). The first kappa shape index (κ1) is 18.1.